The Morgan fingerprint density at radius 2 is 1.60 bits per heavy atom. The number of nitrogens with zero attached hydrogens (tertiary/aromatic N) is 2. The summed E-state index contributed by atoms with van der Waals surface area (Å²) in [5.41, 5.74) is 0. The van der Waals surface area contributed by atoms with Crippen LogP contribution in [0.15, 0.2) is 4.47 Å². The molecule has 0 atom stereocenters. The first-order chi connectivity index (χ1) is 4.61. The largest absolute Gasteiger partial charge is 0.210 e. The summed E-state index contributed by atoms with van der Waals surface area (Å²) in [6.07, 6.45) is 0. The van der Waals surface area contributed by atoms with E-state index in [2.05, 4.69) is 25.9 Å². The van der Waals surface area contributed by atoms with Crippen LogP contribution in [-0.4, -0.2) is 9.97 Å². The van der Waals surface area contributed by atoms with E-state index in [1.54, 1.807) is 0 Å². The first kappa shape index (κ1) is 8.96. The van der Waals surface area contributed by atoms with E-state index in [1.165, 1.54) is 0 Å². The molecule has 0 unspecified atom stereocenters. The summed E-state index contributed by atoms with van der Waals surface area (Å²) in [5, 5.41) is 0.675. The fraction of sp³-hybridized carbons (Fsp3) is 0. The van der Waals surface area contributed by atoms with Crippen molar-refractivity contribution in [3.63, 3.8) is 0 Å². The minimum atomic E-state index is 0.337. The van der Waals surface area contributed by atoms with E-state index in [9.17, 15) is 0 Å². The normalized spacial score (nSPS) is 10.0. The van der Waals surface area contributed by atoms with Gasteiger partial charge in [-0.05, 0) is 15.9 Å². The van der Waals surface area contributed by atoms with Crippen LogP contribution in [0.1, 0.15) is 0 Å². The van der Waals surface area contributed by atoms with Crippen LogP contribution in [0.2, 0.25) is 10.3 Å². The molecular formula is C4BrCl2IN2. The van der Waals surface area contributed by atoms with Gasteiger partial charge in [0.05, 0.1) is 4.47 Å². The van der Waals surface area contributed by atoms with E-state index >= 15 is 0 Å². The van der Waals surface area contributed by atoms with Crippen molar-refractivity contribution in [2.75, 3.05) is 0 Å². The van der Waals surface area contributed by atoms with Gasteiger partial charge in [-0.25, -0.2) is 9.97 Å². The molecule has 0 bridgehead atoms. The third-order valence-electron chi connectivity index (χ3n) is 0.743. The molecule has 0 aliphatic rings. The average molecular weight is 354 g/mol. The van der Waals surface area contributed by atoms with Gasteiger partial charge in [-0.1, -0.05) is 23.2 Å². The van der Waals surface area contributed by atoms with Crippen molar-refractivity contribution in [2.45, 2.75) is 0 Å². The highest BCUT2D eigenvalue weighted by molar-refractivity contribution is 14.1. The zero-order chi connectivity index (χ0) is 7.72. The third-order valence-corrected chi connectivity index (χ3v) is 2.98. The van der Waals surface area contributed by atoms with Gasteiger partial charge in [0.15, 0.2) is 3.83 Å². The lowest BCUT2D eigenvalue weighted by molar-refractivity contribution is 1.09. The highest BCUT2D eigenvalue weighted by Crippen LogP contribution is 2.26. The van der Waals surface area contributed by atoms with Crippen LogP contribution >= 0.6 is 61.7 Å². The maximum atomic E-state index is 5.63. The number of hydrogen-bond donors (Lipinski definition) is 0. The number of aromatic nitrogens is 2. The van der Waals surface area contributed by atoms with Gasteiger partial charge >= 0.3 is 0 Å². The third kappa shape index (κ3) is 1.93. The standard InChI is InChI=1S/C4BrCl2IN2/c5-1-2(6)9-4(8)10-3(1)7. The van der Waals surface area contributed by atoms with Gasteiger partial charge in [-0.3, -0.25) is 0 Å². The predicted octanol–water partition coefficient (Wildman–Crippen LogP) is 3.15. The van der Waals surface area contributed by atoms with Crippen molar-refractivity contribution >= 4 is 61.7 Å². The van der Waals surface area contributed by atoms with Crippen molar-refractivity contribution in [3.8, 4) is 0 Å². The molecular weight excluding hydrogens is 354 g/mol. The van der Waals surface area contributed by atoms with Crippen molar-refractivity contribution in [1.82, 2.24) is 9.97 Å². The van der Waals surface area contributed by atoms with Gasteiger partial charge < -0.3 is 0 Å². The Kier molecular flexibility index (Phi) is 3.15. The van der Waals surface area contributed by atoms with Crippen LogP contribution in [0.5, 0.6) is 0 Å². The minimum Gasteiger partial charge on any atom is -0.210 e. The topological polar surface area (TPSA) is 25.8 Å². The molecule has 6 heteroatoms. The van der Waals surface area contributed by atoms with Crippen LogP contribution in [0.25, 0.3) is 0 Å². The van der Waals surface area contributed by atoms with Crippen LogP contribution in [0, 0.1) is 3.83 Å². The Hall–Kier alpha value is 0.870. The monoisotopic (exact) mass is 352 g/mol. The number of halogens is 4. The van der Waals surface area contributed by atoms with Gasteiger partial charge in [0.2, 0.25) is 0 Å². The molecule has 0 aliphatic carbocycles. The molecule has 0 radical (unpaired) electrons. The minimum absolute atomic E-state index is 0.337. The fourth-order valence-corrected chi connectivity index (χ4v) is 1.70. The Morgan fingerprint density at radius 3 is 2.00 bits per heavy atom. The van der Waals surface area contributed by atoms with Gasteiger partial charge in [-0.15, -0.1) is 0 Å². The summed E-state index contributed by atoms with van der Waals surface area (Å²) in [6.45, 7) is 0. The second-order valence-electron chi connectivity index (χ2n) is 1.39. The van der Waals surface area contributed by atoms with Gasteiger partial charge in [0.1, 0.15) is 10.3 Å². The number of rotatable bonds is 0. The molecule has 54 valence electrons. The van der Waals surface area contributed by atoms with Gasteiger partial charge in [0.25, 0.3) is 0 Å². The van der Waals surface area contributed by atoms with Crippen molar-refractivity contribution in [3.05, 3.63) is 18.6 Å². The van der Waals surface area contributed by atoms with Crippen molar-refractivity contribution in [1.29, 1.82) is 0 Å². The highest BCUT2D eigenvalue weighted by atomic mass is 127. The van der Waals surface area contributed by atoms with Gasteiger partial charge in [0, 0.05) is 22.6 Å². The van der Waals surface area contributed by atoms with E-state index in [4.69, 9.17) is 23.2 Å². The molecule has 1 heterocycles. The fourth-order valence-electron chi connectivity index (χ4n) is 0.370. The van der Waals surface area contributed by atoms with E-state index in [0.717, 1.165) is 0 Å². The highest BCUT2D eigenvalue weighted by Gasteiger charge is 2.05. The first-order valence-electron chi connectivity index (χ1n) is 2.15. The molecule has 0 saturated heterocycles. The molecule has 2 nitrogen and oxygen atoms in total. The number of hydrogen-bond acceptors (Lipinski definition) is 2. The smallest absolute Gasteiger partial charge is 0.193 e. The summed E-state index contributed by atoms with van der Waals surface area (Å²) < 4.78 is 1.08. The summed E-state index contributed by atoms with van der Waals surface area (Å²) >= 11 is 16.3. The predicted molar refractivity (Wildman–Crippen MR) is 52.5 cm³/mol. The molecule has 0 fully saturated rings. The SMILES string of the molecule is Clc1nc(I)nc(Cl)c1Br. The zero-order valence-electron chi connectivity index (χ0n) is 4.41. The Morgan fingerprint density at radius 1 is 1.20 bits per heavy atom. The molecule has 0 spiro atoms. The average Bonchev–Trinajstić information content (AvgIpc) is 1.82. The Labute approximate surface area is 89.6 Å². The summed E-state index contributed by atoms with van der Waals surface area (Å²) in [7, 11) is 0. The van der Waals surface area contributed by atoms with E-state index in [-0.39, 0.29) is 0 Å². The molecule has 1 rings (SSSR count). The molecule has 0 aromatic carbocycles. The molecule has 0 aliphatic heterocycles. The summed E-state index contributed by atoms with van der Waals surface area (Å²) in [5.74, 6) is 0. The molecule has 1 aromatic rings. The van der Waals surface area contributed by atoms with E-state index in [0.29, 0.717) is 18.6 Å². The molecule has 10 heavy (non-hydrogen) atoms. The van der Waals surface area contributed by atoms with Crippen molar-refractivity contribution in [2.24, 2.45) is 0 Å². The maximum absolute atomic E-state index is 5.63. The Bertz CT molecular complexity index is 244. The van der Waals surface area contributed by atoms with E-state index < -0.39 is 0 Å². The van der Waals surface area contributed by atoms with Crippen molar-refractivity contribution < 1.29 is 0 Å². The maximum Gasteiger partial charge on any atom is 0.193 e. The quantitative estimate of drug-likeness (QED) is 0.407. The van der Waals surface area contributed by atoms with E-state index in [1.807, 2.05) is 22.6 Å². The van der Waals surface area contributed by atoms with Gasteiger partial charge in [-0.2, -0.15) is 0 Å². The van der Waals surface area contributed by atoms with Crippen LogP contribution < -0.4 is 0 Å². The molecule has 0 amide bonds. The molecule has 1 aromatic heterocycles. The summed E-state index contributed by atoms with van der Waals surface area (Å²) in [4.78, 5) is 7.69. The lowest BCUT2D eigenvalue weighted by atomic mass is 10.7. The molecule has 0 saturated carbocycles. The van der Waals surface area contributed by atoms with Crippen LogP contribution in [0.3, 0.4) is 0 Å². The van der Waals surface area contributed by atoms with Crippen LogP contribution in [0.4, 0.5) is 0 Å². The zero-order valence-corrected chi connectivity index (χ0v) is 9.66. The second kappa shape index (κ2) is 3.51. The van der Waals surface area contributed by atoms with Crippen LogP contribution in [-0.2, 0) is 0 Å². The lowest BCUT2D eigenvalue weighted by Crippen LogP contribution is -1.89. The Balaban J connectivity index is 3.31. The lowest BCUT2D eigenvalue weighted by Gasteiger charge is -1.96. The first-order valence-corrected chi connectivity index (χ1v) is 4.78. The molecule has 0 N–H and O–H groups in total. The summed E-state index contributed by atoms with van der Waals surface area (Å²) in [6, 6.07) is 0. The second-order valence-corrected chi connectivity index (χ2v) is 3.86.